The highest BCUT2D eigenvalue weighted by molar-refractivity contribution is 9.10. The maximum Gasteiger partial charge on any atom is 0.161 e. The van der Waals surface area contributed by atoms with Gasteiger partial charge in [-0.15, -0.1) is 0 Å². The van der Waals surface area contributed by atoms with Crippen LogP contribution in [0, 0.1) is 6.92 Å². The number of nitrogens with zero attached hydrogens (tertiary/aromatic N) is 1. The molecule has 2 aromatic rings. The number of aryl methyl sites for hydroxylation is 1. The Labute approximate surface area is 120 Å². The van der Waals surface area contributed by atoms with Crippen LogP contribution >= 0.6 is 15.9 Å². The first-order valence-electron chi connectivity index (χ1n) is 5.78. The number of aliphatic imine (C=N–C) groups is 1. The molecule has 0 aliphatic heterocycles. The molecule has 1 N–H and O–H groups in total. The summed E-state index contributed by atoms with van der Waals surface area (Å²) in [6.45, 7) is 2.01. The van der Waals surface area contributed by atoms with Crippen molar-refractivity contribution in [2.24, 2.45) is 4.99 Å². The Balaban J connectivity index is 2.36. The Kier molecular flexibility index (Phi) is 4.22. The van der Waals surface area contributed by atoms with Crippen molar-refractivity contribution in [2.75, 3.05) is 7.11 Å². The van der Waals surface area contributed by atoms with Gasteiger partial charge >= 0.3 is 0 Å². The predicted molar refractivity (Wildman–Crippen MR) is 80.8 cm³/mol. The van der Waals surface area contributed by atoms with Crippen molar-refractivity contribution in [3.63, 3.8) is 0 Å². The van der Waals surface area contributed by atoms with Gasteiger partial charge in [0.15, 0.2) is 11.5 Å². The molecule has 2 rings (SSSR count). The van der Waals surface area contributed by atoms with E-state index in [1.807, 2.05) is 31.2 Å². The van der Waals surface area contributed by atoms with Gasteiger partial charge in [0.2, 0.25) is 0 Å². The number of aromatic hydroxyl groups is 1. The Morgan fingerprint density at radius 1 is 1.26 bits per heavy atom. The molecule has 0 bridgehead atoms. The molecular formula is C15H14BrNO2. The highest BCUT2D eigenvalue weighted by Gasteiger charge is 2.06. The molecule has 0 atom stereocenters. The van der Waals surface area contributed by atoms with Gasteiger partial charge in [-0.2, -0.15) is 0 Å². The molecule has 98 valence electrons. The van der Waals surface area contributed by atoms with Crippen LogP contribution in [-0.4, -0.2) is 18.4 Å². The first-order chi connectivity index (χ1) is 9.11. The summed E-state index contributed by atoms with van der Waals surface area (Å²) < 4.78 is 5.85. The highest BCUT2D eigenvalue weighted by atomic mass is 79.9. The minimum atomic E-state index is 0.0995. The van der Waals surface area contributed by atoms with Crippen LogP contribution in [0.25, 0.3) is 0 Å². The third-order valence-corrected chi connectivity index (χ3v) is 3.44. The van der Waals surface area contributed by atoms with Crippen LogP contribution in [0.2, 0.25) is 0 Å². The van der Waals surface area contributed by atoms with Crippen molar-refractivity contribution >= 4 is 27.8 Å². The first-order valence-corrected chi connectivity index (χ1v) is 6.57. The number of para-hydroxylation sites is 1. The summed E-state index contributed by atoms with van der Waals surface area (Å²) in [6.07, 6.45) is 1.74. The minimum absolute atomic E-state index is 0.0995. The van der Waals surface area contributed by atoms with Crippen LogP contribution in [0.1, 0.15) is 11.1 Å². The molecule has 0 spiro atoms. The van der Waals surface area contributed by atoms with E-state index >= 15 is 0 Å². The number of rotatable bonds is 3. The Hall–Kier alpha value is -1.81. The quantitative estimate of drug-likeness (QED) is 0.860. The summed E-state index contributed by atoms with van der Waals surface area (Å²) in [4.78, 5) is 4.45. The molecule has 0 unspecified atom stereocenters. The average molecular weight is 320 g/mol. The number of ether oxygens (including phenoxy) is 1. The van der Waals surface area contributed by atoms with Crippen LogP contribution in [0.3, 0.4) is 0 Å². The van der Waals surface area contributed by atoms with Gasteiger partial charge in [-0.05, 0) is 46.6 Å². The second-order valence-electron chi connectivity index (χ2n) is 4.09. The van der Waals surface area contributed by atoms with Gasteiger partial charge in [-0.1, -0.05) is 18.2 Å². The zero-order valence-electron chi connectivity index (χ0n) is 10.7. The van der Waals surface area contributed by atoms with Crippen molar-refractivity contribution in [1.29, 1.82) is 0 Å². The number of phenols is 1. The molecule has 0 aliphatic carbocycles. The molecule has 0 saturated carbocycles. The topological polar surface area (TPSA) is 41.8 Å². The number of phenolic OH excluding ortho intramolecular Hbond substituents is 1. The number of hydrogen-bond donors (Lipinski definition) is 1. The molecule has 3 nitrogen and oxygen atoms in total. The SMILES string of the molecule is COc1cc(C=Nc2ccccc2C)c(Br)cc1O. The van der Waals surface area contributed by atoms with E-state index in [0.29, 0.717) is 5.75 Å². The summed E-state index contributed by atoms with van der Waals surface area (Å²) >= 11 is 3.40. The van der Waals surface area contributed by atoms with E-state index in [-0.39, 0.29) is 5.75 Å². The molecule has 2 aromatic carbocycles. The second kappa shape index (κ2) is 5.89. The van der Waals surface area contributed by atoms with Crippen LogP contribution in [0.5, 0.6) is 11.5 Å². The van der Waals surface area contributed by atoms with Crippen molar-refractivity contribution in [1.82, 2.24) is 0 Å². The molecule has 0 heterocycles. The summed E-state index contributed by atoms with van der Waals surface area (Å²) in [5.74, 6) is 0.525. The van der Waals surface area contributed by atoms with E-state index in [9.17, 15) is 5.11 Å². The number of methoxy groups -OCH3 is 1. The van der Waals surface area contributed by atoms with Crippen molar-refractivity contribution in [3.05, 3.63) is 52.0 Å². The fraction of sp³-hybridized carbons (Fsp3) is 0.133. The van der Waals surface area contributed by atoms with Gasteiger partial charge in [-0.25, -0.2) is 0 Å². The van der Waals surface area contributed by atoms with Gasteiger partial charge in [0.1, 0.15) is 0 Å². The lowest BCUT2D eigenvalue weighted by Crippen LogP contribution is -1.89. The van der Waals surface area contributed by atoms with E-state index in [0.717, 1.165) is 21.3 Å². The smallest absolute Gasteiger partial charge is 0.161 e. The van der Waals surface area contributed by atoms with Gasteiger partial charge < -0.3 is 9.84 Å². The molecule has 19 heavy (non-hydrogen) atoms. The Morgan fingerprint density at radius 3 is 2.68 bits per heavy atom. The lowest BCUT2D eigenvalue weighted by Gasteiger charge is -2.06. The molecule has 0 aromatic heterocycles. The summed E-state index contributed by atoms with van der Waals surface area (Å²) in [6, 6.07) is 11.2. The molecule has 0 amide bonds. The average Bonchev–Trinajstić information content (AvgIpc) is 2.39. The third-order valence-electron chi connectivity index (χ3n) is 2.76. The van der Waals surface area contributed by atoms with E-state index in [2.05, 4.69) is 20.9 Å². The highest BCUT2D eigenvalue weighted by Crippen LogP contribution is 2.31. The molecule has 0 aliphatic rings. The van der Waals surface area contributed by atoms with Gasteiger partial charge in [0.25, 0.3) is 0 Å². The number of hydrogen-bond acceptors (Lipinski definition) is 3. The number of benzene rings is 2. The maximum atomic E-state index is 9.65. The normalized spacial score (nSPS) is 10.9. The standard InChI is InChI=1S/C15H14BrNO2/c1-10-5-3-4-6-13(10)17-9-11-7-15(19-2)14(18)8-12(11)16/h3-9,18H,1-2H3. The van der Waals surface area contributed by atoms with Crippen LogP contribution in [-0.2, 0) is 0 Å². The maximum absolute atomic E-state index is 9.65. The molecule has 0 saturated heterocycles. The summed E-state index contributed by atoms with van der Waals surface area (Å²) in [7, 11) is 1.52. The summed E-state index contributed by atoms with van der Waals surface area (Å²) in [5.41, 5.74) is 2.87. The number of halogens is 1. The van der Waals surface area contributed by atoms with E-state index in [1.165, 1.54) is 7.11 Å². The van der Waals surface area contributed by atoms with Crippen LogP contribution < -0.4 is 4.74 Å². The largest absolute Gasteiger partial charge is 0.504 e. The third kappa shape index (κ3) is 3.15. The van der Waals surface area contributed by atoms with Crippen LogP contribution in [0.4, 0.5) is 5.69 Å². The predicted octanol–water partition coefficient (Wildman–Crippen LogP) is 4.22. The lowest BCUT2D eigenvalue weighted by molar-refractivity contribution is 0.373. The molecule has 0 fully saturated rings. The van der Waals surface area contributed by atoms with Gasteiger partial charge in [0.05, 0.1) is 12.8 Å². The Morgan fingerprint density at radius 2 is 2.00 bits per heavy atom. The fourth-order valence-corrected chi connectivity index (χ4v) is 2.10. The van der Waals surface area contributed by atoms with Crippen LogP contribution in [0.15, 0.2) is 45.9 Å². The molecular weight excluding hydrogens is 306 g/mol. The van der Waals surface area contributed by atoms with Crippen molar-refractivity contribution < 1.29 is 9.84 Å². The van der Waals surface area contributed by atoms with E-state index in [1.54, 1.807) is 18.3 Å². The molecule has 4 heteroatoms. The molecule has 0 radical (unpaired) electrons. The second-order valence-corrected chi connectivity index (χ2v) is 4.94. The van der Waals surface area contributed by atoms with E-state index in [4.69, 9.17) is 4.74 Å². The zero-order valence-corrected chi connectivity index (χ0v) is 12.3. The van der Waals surface area contributed by atoms with Crippen molar-refractivity contribution in [3.8, 4) is 11.5 Å². The van der Waals surface area contributed by atoms with E-state index < -0.39 is 0 Å². The zero-order chi connectivity index (χ0) is 13.8. The van der Waals surface area contributed by atoms with Gasteiger partial charge in [0, 0.05) is 16.3 Å². The Bertz CT molecular complexity index is 624. The van der Waals surface area contributed by atoms with Gasteiger partial charge in [-0.3, -0.25) is 4.99 Å². The first kappa shape index (κ1) is 13.6. The monoisotopic (exact) mass is 319 g/mol. The lowest BCUT2D eigenvalue weighted by atomic mass is 10.2. The van der Waals surface area contributed by atoms with Crippen molar-refractivity contribution in [2.45, 2.75) is 6.92 Å². The summed E-state index contributed by atoms with van der Waals surface area (Å²) in [5, 5.41) is 9.65. The minimum Gasteiger partial charge on any atom is -0.504 e. The fourth-order valence-electron chi connectivity index (χ4n) is 1.67.